The molecule has 100 valence electrons. The van der Waals surface area contributed by atoms with Crippen LogP contribution in [-0.2, 0) is 4.79 Å². The summed E-state index contributed by atoms with van der Waals surface area (Å²) in [5.74, 6) is 0.542. The first-order valence-corrected chi connectivity index (χ1v) is 6.79. The molecule has 0 aliphatic carbocycles. The molecule has 1 aromatic carbocycles. The average Bonchev–Trinajstić information content (AvgIpc) is 2.76. The largest absolute Gasteiger partial charge is 0.483 e. The van der Waals surface area contributed by atoms with E-state index in [9.17, 15) is 4.79 Å². The smallest absolute Gasteiger partial charge is 0.264 e. The molecule has 19 heavy (non-hydrogen) atoms. The molecule has 1 N–H and O–H groups in total. The minimum absolute atomic E-state index is 0.0110. The second-order valence-electron chi connectivity index (χ2n) is 4.31. The van der Waals surface area contributed by atoms with E-state index in [0.717, 1.165) is 21.8 Å². The summed E-state index contributed by atoms with van der Waals surface area (Å²) in [6, 6.07) is 5.80. The van der Waals surface area contributed by atoms with E-state index in [4.69, 9.17) is 4.74 Å². The third-order valence-corrected chi connectivity index (χ3v) is 3.61. The monoisotopic (exact) mass is 276 g/mol. The Labute approximate surface area is 116 Å². The molecule has 0 aliphatic heterocycles. The second kappa shape index (κ2) is 5.84. The Balaban J connectivity index is 1.91. The van der Waals surface area contributed by atoms with Gasteiger partial charge in [-0.05, 0) is 38.0 Å². The molecule has 0 aliphatic rings. The van der Waals surface area contributed by atoms with Gasteiger partial charge >= 0.3 is 0 Å². The van der Waals surface area contributed by atoms with Gasteiger partial charge in [0, 0.05) is 11.1 Å². The van der Waals surface area contributed by atoms with E-state index in [2.05, 4.69) is 10.3 Å². The van der Waals surface area contributed by atoms with Gasteiger partial charge in [-0.15, -0.1) is 11.3 Å². The number of ether oxygens (including phenoxy) is 1. The summed E-state index contributed by atoms with van der Waals surface area (Å²) in [6.45, 7) is 5.93. The SMILES string of the molecule is Cc1cnc(NC(=O)COc2cccc(C)c2C)s1. The number of nitrogens with zero attached hydrogens (tertiary/aromatic N) is 1. The molecule has 0 radical (unpaired) electrons. The predicted molar refractivity (Wildman–Crippen MR) is 76.9 cm³/mol. The Morgan fingerprint density at radius 3 is 2.84 bits per heavy atom. The molecule has 2 aromatic rings. The maximum Gasteiger partial charge on any atom is 0.264 e. The van der Waals surface area contributed by atoms with E-state index in [1.54, 1.807) is 6.20 Å². The molecule has 5 heteroatoms. The minimum Gasteiger partial charge on any atom is -0.483 e. The van der Waals surface area contributed by atoms with Crippen LogP contribution in [0.25, 0.3) is 0 Å². The lowest BCUT2D eigenvalue weighted by atomic mass is 10.1. The van der Waals surface area contributed by atoms with Gasteiger partial charge in [0.15, 0.2) is 11.7 Å². The van der Waals surface area contributed by atoms with Crippen molar-refractivity contribution in [2.24, 2.45) is 0 Å². The highest BCUT2D eigenvalue weighted by Gasteiger charge is 2.08. The van der Waals surface area contributed by atoms with Crippen molar-refractivity contribution in [1.29, 1.82) is 0 Å². The third-order valence-electron chi connectivity index (χ3n) is 2.78. The zero-order chi connectivity index (χ0) is 13.8. The van der Waals surface area contributed by atoms with Gasteiger partial charge in [0.1, 0.15) is 5.75 Å². The fourth-order valence-electron chi connectivity index (χ4n) is 1.59. The van der Waals surface area contributed by atoms with Crippen molar-refractivity contribution in [2.75, 3.05) is 11.9 Å². The summed E-state index contributed by atoms with van der Waals surface area (Å²) in [6.07, 6.45) is 1.73. The highest BCUT2D eigenvalue weighted by atomic mass is 32.1. The maximum absolute atomic E-state index is 11.7. The molecule has 1 amide bonds. The summed E-state index contributed by atoms with van der Waals surface area (Å²) in [5, 5.41) is 3.31. The molecular formula is C14H16N2O2S. The van der Waals surface area contributed by atoms with E-state index < -0.39 is 0 Å². The molecule has 1 aromatic heterocycles. The van der Waals surface area contributed by atoms with Crippen molar-refractivity contribution in [3.05, 3.63) is 40.4 Å². The molecule has 0 fully saturated rings. The van der Waals surface area contributed by atoms with Crippen LogP contribution in [0.15, 0.2) is 24.4 Å². The second-order valence-corrected chi connectivity index (χ2v) is 5.55. The van der Waals surface area contributed by atoms with Gasteiger partial charge in [0.25, 0.3) is 5.91 Å². The van der Waals surface area contributed by atoms with Crippen LogP contribution in [-0.4, -0.2) is 17.5 Å². The van der Waals surface area contributed by atoms with E-state index in [1.807, 2.05) is 39.0 Å². The molecule has 0 saturated carbocycles. The number of nitrogens with one attached hydrogen (secondary N) is 1. The number of carbonyl (C=O) groups excluding carboxylic acids is 1. The molecular weight excluding hydrogens is 260 g/mol. The van der Waals surface area contributed by atoms with Crippen LogP contribution in [0.5, 0.6) is 5.75 Å². The molecule has 0 spiro atoms. The molecule has 0 unspecified atom stereocenters. The molecule has 1 heterocycles. The van der Waals surface area contributed by atoms with E-state index >= 15 is 0 Å². The Bertz CT molecular complexity index is 593. The van der Waals surface area contributed by atoms with Crippen LogP contribution in [0.1, 0.15) is 16.0 Å². The van der Waals surface area contributed by atoms with Gasteiger partial charge < -0.3 is 4.74 Å². The highest BCUT2D eigenvalue weighted by molar-refractivity contribution is 7.15. The van der Waals surface area contributed by atoms with Crippen molar-refractivity contribution >= 4 is 22.4 Å². The number of carbonyl (C=O) groups is 1. The number of hydrogen-bond donors (Lipinski definition) is 1. The van der Waals surface area contributed by atoms with Gasteiger partial charge in [-0.25, -0.2) is 4.98 Å². The maximum atomic E-state index is 11.7. The van der Waals surface area contributed by atoms with Crippen LogP contribution in [0.3, 0.4) is 0 Å². The predicted octanol–water partition coefficient (Wildman–Crippen LogP) is 3.09. The number of aryl methyl sites for hydroxylation is 2. The van der Waals surface area contributed by atoms with E-state index in [0.29, 0.717) is 5.13 Å². The molecule has 4 nitrogen and oxygen atoms in total. The fraction of sp³-hybridized carbons (Fsp3) is 0.286. The number of anilines is 1. The van der Waals surface area contributed by atoms with Crippen LogP contribution >= 0.6 is 11.3 Å². The van der Waals surface area contributed by atoms with Crippen LogP contribution in [0.2, 0.25) is 0 Å². The first-order valence-electron chi connectivity index (χ1n) is 5.97. The van der Waals surface area contributed by atoms with E-state index in [-0.39, 0.29) is 12.5 Å². The van der Waals surface area contributed by atoms with Crippen molar-refractivity contribution in [2.45, 2.75) is 20.8 Å². The molecule has 0 bridgehead atoms. The van der Waals surface area contributed by atoms with Crippen molar-refractivity contribution in [3.8, 4) is 5.75 Å². The quantitative estimate of drug-likeness (QED) is 0.933. The van der Waals surface area contributed by atoms with Crippen LogP contribution in [0, 0.1) is 20.8 Å². The number of hydrogen-bond acceptors (Lipinski definition) is 4. The normalized spacial score (nSPS) is 10.3. The van der Waals surface area contributed by atoms with Crippen molar-refractivity contribution in [1.82, 2.24) is 4.98 Å². The lowest BCUT2D eigenvalue weighted by Crippen LogP contribution is -2.20. The summed E-state index contributed by atoms with van der Waals surface area (Å²) in [7, 11) is 0. The van der Waals surface area contributed by atoms with Gasteiger partial charge in [-0.1, -0.05) is 12.1 Å². The number of rotatable bonds is 4. The highest BCUT2D eigenvalue weighted by Crippen LogP contribution is 2.20. The first kappa shape index (κ1) is 13.5. The lowest BCUT2D eigenvalue weighted by Gasteiger charge is -2.10. The van der Waals surface area contributed by atoms with Crippen molar-refractivity contribution in [3.63, 3.8) is 0 Å². The summed E-state index contributed by atoms with van der Waals surface area (Å²) in [4.78, 5) is 16.9. The number of benzene rings is 1. The number of thiazole rings is 1. The first-order chi connectivity index (χ1) is 9.06. The Hall–Kier alpha value is -1.88. The fourth-order valence-corrected chi connectivity index (χ4v) is 2.27. The van der Waals surface area contributed by atoms with Crippen LogP contribution in [0.4, 0.5) is 5.13 Å². The average molecular weight is 276 g/mol. The number of amides is 1. The Morgan fingerprint density at radius 1 is 1.37 bits per heavy atom. The Kier molecular flexibility index (Phi) is 4.16. The number of aromatic nitrogens is 1. The van der Waals surface area contributed by atoms with Gasteiger partial charge in [-0.2, -0.15) is 0 Å². The molecule has 0 saturated heterocycles. The topological polar surface area (TPSA) is 51.2 Å². The summed E-state index contributed by atoms with van der Waals surface area (Å²) in [5.41, 5.74) is 2.20. The van der Waals surface area contributed by atoms with E-state index in [1.165, 1.54) is 11.3 Å². The molecule has 2 rings (SSSR count). The van der Waals surface area contributed by atoms with Crippen LogP contribution < -0.4 is 10.1 Å². The minimum atomic E-state index is -0.199. The van der Waals surface area contributed by atoms with Gasteiger partial charge in [0.05, 0.1) is 0 Å². The van der Waals surface area contributed by atoms with Gasteiger partial charge in [-0.3, -0.25) is 10.1 Å². The summed E-state index contributed by atoms with van der Waals surface area (Å²) < 4.78 is 5.52. The zero-order valence-corrected chi connectivity index (χ0v) is 12.0. The Morgan fingerprint density at radius 2 is 2.16 bits per heavy atom. The standard InChI is InChI=1S/C14H16N2O2S/c1-9-5-4-6-12(11(9)3)18-8-13(17)16-14-15-7-10(2)19-14/h4-7H,8H2,1-3H3,(H,15,16,17). The molecule has 0 atom stereocenters. The summed E-state index contributed by atoms with van der Waals surface area (Å²) >= 11 is 1.44. The van der Waals surface area contributed by atoms with Crippen molar-refractivity contribution < 1.29 is 9.53 Å². The zero-order valence-electron chi connectivity index (χ0n) is 11.2. The lowest BCUT2D eigenvalue weighted by molar-refractivity contribution is -0.118. The van der Waals surface area contributed by atoms with Gasteiger partial charge in [0.2, 0.25) is 0 Å². The third kappa shape index (κ3) is 3.54.